The molecule has 1 heterocycles. The predicted molar refractivity (Wildman–Crippen MR) is 45.2 cm³/mol. The highest BCUT2D eigenvalue weighted by Gasteiger charge is 2.24. The fourth-order valence-electron chi connectivity index (χ4n) is 1.02. The first kappa shape index (κ1) is 12.0. The van der Waals surface area contributed by atoms with Gasteiger partial charge in [-0.25, -0.2) is 22.9 Å². The van der Waals surface area contributed by atoms with Crippen LogP contribution in [-0.4, -0.2) is 18.1 Å². The molecule has 0 bridgehead atoms. The van der Waals surface area contributed by atoms with Crippen molar-refractivity contribution in [1.82, 2.24) is 4.98 Å². The number of pyridine rings is 1. The van der Waals surface area contributed by atoms with Crippen LogP contribution < -0.4 is 0 Å². The highest BCUT2D eigenvalue weighted by molar-refractivity contribution is 5.88. The van der Waals surface area contributed by atoms with Gasteiger partial charge in [-0.2, -0.15) is 5.26 Å². The highest BCUT2D eigenvalue weighted by Crippen LogP contribution is 2.24. The summed E-state index contributed by atoms with van der Waals surface area (Å²) in [5, 5.41) is 8.52. The first-order valence-corrected chi connectivity index (χ1v) is 3.97. The second kappa shape index (κ2) is 4.61. The Balaban J connectivity index is 3.42. The zero-order valence-corrected chi connectivity index (χ0v) is 8.00. The van der Waals surface area contributed by atoms with E-state index in [2.05, 4.69) is 9.72 Å². The van der Waals surface area contributed by atoms with Gasteiger partial charge in [0, 0.05) is 6.20 Å². The first-order valence-electron chi connectivity index (χ1n) is 3.97. The SMILES string of the molecule is COC(=O)c1ncc(C(F)F)c(C#N)c1F. The normalized spacial score (nSPS) is 10.0. The third kappa shape index (κ3) is 1.95. The number of nitriles is 1. The second-order valence-corrected chi connectivity index (χ2v) is 2.66. The number of alkyl halides is 2. The highest BCUT2D eigenvalue weighted by atomic mass is 19.3. The van der Waals surface area contributed by atoms with Crippen molar-refractivity contribution in [3.8, 4) is 6.07 Å². The summed E-state index contributed by atoms with van der Waals surface area (Å²) in [5.74, 6) is -2.53. The fraction of sp³-hybridized carbons (Fsp3) is 0.222. The van der Waals surface area contributed by atoms with E-state index in [9.17, 15) is 18.0 Å². The van der Waals surface area contributed by atoms with Crippen LogP contribution in [0.4, 0.5) is 13.2 Å². The maximum Gasteiger partial charge on any atom is 0.359 e. The van der Waals surface area contributed by atoms with Crippen LogP contribution in [0.15, 0.2) is 6.20 Å². The number of carbonyl (C=O) groups is 1. The average molecular weight is 230 g/mol. The van der Waals surface area contributed by atoms with E-state index in [1.165, 1.54) is 6.07 Å². The van der Waals surface area contributed by atoms with Crippen LogP contribution in [-0.2, 0) is 4.74 Å². The predicted octanol–water partition coefficient (Wildman–Crippen LogP) is 1.82. The Bertz CT molecular complexity index is 469. The van der Waals surface area contributed by atoms with Crippen LogP contribution in [0.1, 0.15) is 28.0 Å². The Kier molecular flexibility index (Phi) is 3.45. The van der Waals surface area contributed by atoms with Crippen LogP contribution >= 0.6 is 0 Å². The van der Waals surface area contributed by atoms with Crippen molar-refractivity contribution in [2.75, 3.05) is 7.11 Å². The van der Waals surface area contributed by atoms with Gasteiger partial charge in [0.2, 0.25) is 0 Å². The smallest absolute Gasteiger partial charge is 0.359 e. The number of aromatic nitrogens is 1. The molecule has 0 amide bonds. The zero-order chi connectivity index (χ0) is 12.3. The standard InChI is InChI=1S/C9H5F3N2O2/c1-16-9(15)7-6(10)4(2-13)5(3-14-7)8(11)12/h3,8H,1H3. The van der Waals surface area contributed by atoms with Crippen molar-refractivity contribution < 1.29 is 22.7 Å². The first-order chi connectivity index (χ1) is 7.52. The molecule has 0 unspecified atom stereocenters. The summed E-state index contributed by atoms with van der Waals surface area (Å²) in [6, 6.07) is 1.26. The maximum atomic E-state index is 13.4. The van der Waals surface area contributed by atoms with Crippen LogP contribution in [0.3, 0.4) is 0 Å². The third-order valence-electron chi connectivity index (χ3n) is 1.77. The topological polar surface area (TPSA) is 63.0 Å². The third-order valence-corrected chi connectivity index (χ3v) is 1.77. The summed E-state index contributed by atoms with van der Waals surface area (Å²) in [5.41, 5.74) is -2.54. The summed E-state index contributed by atoms with van der Waals surface area (Å²) in [6.07, 6.45) is -2.46. The molecule has 0 aliphatic carbocycles. The van der Waals surface area contributed by atoms with Gasteiger partial charge in [0.05, 0.1) is 12.7 Å². The lowest BCUT2D eigenvalue weighted by molar-refractivity contribution is 0.0587. The molecule has 0 spiro atoms. The maximum absolute atomic E-state index is 13.4. The molecular weight excluding hydrogens is 225 g/mol. The lowest BCUT2D eigenvalue weighted by Gasteiger charge is -2.05. The number of hydrogen-bond acceptors (Lipinski definition) is 4. The van der Waals surface area contributed by atoms with Crippen LogP contribution in [0.2, 0.25) is 0 Å². The van der Waals surface area contributed by atoms with E-state index >= 15 is 0 Å². The van der Waals surface area contributed by atoms with Gasteiger partial charge in [-0.15, -0.1) is 0 Å². The molecule has 4 nitrogen and oxygen atoms in total. The van der Waals surface area contributed by atoms with Crippen molar-refractivity contribution in [3.63, 3.8) is 0 Å². The van der Waals surface area contributed by atoms with Crippen molar-refractivity contribution in [2.45, 2.75) is 6.43 Å². The molecule has 7 heteroatoms. The Morgan fingerprint density at radius 3 is 2.69 bits per heavy atom. The number of carbonyl (C=O) groups excluding carboxylic acids is 1. The van der Waals surface area contributed by atoms with Crippen molar-refractivity contribution in [2.24, 2.45) is 0 Å². The van der Waals surface area contributed by atoms with Crippen molar-refractivity contribution >= 4 is 5.97 Å². The van der Waals surface area contributed by atoms with E-state index in [1.807, 2.05) is 0 Å². The van der Waals surface area contributed by atoms with Gasteiger partial charge >= 0.3 is 5.97 Å². The van der Waals surface area contributed by atoms with E-state index in [0.29, 0.717) is 6.20 Å². The Hall–Kier alpha value is -2.10. The molecule has 0 radical (unpaired) electrons. The van der Waals surface area contributed by atoms with E-state index in [4.69, 9.17) is 5.26 Å². The van der Waals surface area contributed by atoms with Crippen LogP contribution in [0.25, 0.3) is 0 Å². The molecule has 1 aromatic rings. The second-order valence-electron chi connectivity index (χ2n) is 2.66. The largest absolute Gasteiger partial charge is 0.464 e. The monoisotopic (exact) mass is 230 g/mol. The molecule has 1 rings (SSSR count). The van der Waals surface area contributed by atoms with Gasteiger partial charge in [0.25, 0.3) is 6.43 Å². The van der Waals surface area contributed by atoms with Crippen LogP contribution in [0.5, 0.6) is 0 Å². The molecular formula is C9H5F3N2O2. The minimum atomic E-state index is -3.04. The summed E-state index contributed by atoms with van der Waals surface area (Å²) in [4.78, 5) is 14.2. The molecule has 1 aromatic heterocycles. The number of rotatable bonds is 2. The van der Waals surface area contributed by atoms with Gasteiger partial charge in [-0.05, 0) is 0 Å². The number of hydrogen-bond donors (Lipinski definition) is 0. The van der Waals surface area contributed by atoms with Crippen LogP contribution in [0, 0.1) is 17.1 Å². The average Bonchev–Trinajstić information content (AvgIpc) is 2.27. The van der Waals surface area contributed by atoms with E-state index < -0.39 is 35.0 Å². The van der Waals surface area contributed by atoms with Gasteiger partial charge in [0.1, 0.15) is 11.6 Å². The minimum absolute atomic E-state index is 0.582. The molecule has 0 atom stereocenters. The Labute approximate surface area is 88.3 Å². The molecule has 0 saturated carbocycles. The molecule has 0 aromatic carbocycles. The number of nitrogens with zero attached hydrogens (tertiary/aromatic N) is 2. The molecule has 0 N–H and O–H groups in total. The van der Waals surface area contributed by atoms with Gasteiger partial charge in [-0.1, -0.05) is 0 Å². The van der Waals surface area contributed by atoms with Gasteiger partial charge < -0.3 is 4.74 Å². The summed E-state index contributed by atoms with van der Waals surface area (Å²) < 4.78 is 42.3. The molecule has 16 heavy (non-hydrogen) atoms. The molecule has 0 aliphatic heterocycles. The molecule has 84 valence electrons. The van der Waals surface area contributed by atoms with Crippen molar-refractivity contribution in [1.29, 1.82) is 5.26 Å². The zero-order valence-electron chi connectivity index (χ0n) is 8.00. The number of methoxy groups -OCH3 is 1. The molecule has 0 saturated heterocycles. The Morgan fingerprint density at radius 1 is 1.62 bits per heavy atom. The van der Waals surface area contributed by atoms with Gasteiger partial charge in [-0.3, -0.25) is 0 Å². The lowest BCUT2D eigenvalue weighted by atomic mass is 10.1. The van der Waals surface area contributed by atoms with E-state index in [1.54, 1.807) is 0 Å². The fourth-order valence-corrected chi connectivity index (χ4v) is 1.02. The molecule has 0 aliphatic rings. The summed E-state index contributed by atoms with van der Waals surface area (Å²) in [7, 11) is 0.983. The molecule has 0 fully saturated rings. The summed E-state index contributed by atoms with van der Waals surface area (Å²) in [6.45, 7) is 0. The van der Waals surface area contributed by atoms with E-state index in [-0.39, 0.29) is 0 Å². The number of esters is 1. The Morgan fingerprint density at radius 2 is 2.25 bits per heavy atom. The number of ether oxygens (including phenoxy) is 1. The number of halogens is 3. The quantitative estimate of drug-likeness (QED) is 0.727. The van der Waals surface area contributed by atoms with Crippen molar-refractivity contribution in [3.05, 3.63) is 28.8 Å². The minimum Gasteiger partial charge on any atom is -0.464 e. The van der Waals surface area contributed by atoms with E-state index in [0.717, 1.165) is 7.11 Å². The van der Waals surface area contributed by atoms with Gasteiger partial charge in [0.15, 0.2) is 11.5 Å². The lowest BCUT2D eigenvalue weighted by Crippen LogP contribution is -2.11. The summed E-state index contributed by atoms with van der Waals surface area (Å²) >= 11 is 0.